The van der Waals surface area contributed by atoms with Gasteiger partial charge in [0.25, 0.3) is 0 Å². The van der Waals surface area contributed by atoms with Gasteiger partial charge in [-0.15, -0.1) is 0 Å². The summed E-state index contributed by atoms with van der Waals surface area (Å²) in [5.74, 6) is 0. The van der Waals surface area contributed by atoms with Crippen molar-refractivity contribution >= 4 is 28.5 Å². The molecule has 0 bridgehead atoms. The lowest BCUT2D eigenvalue weighted by molar-refractivity contribution is 1.18. The van der Waals surface area contributed by atoms with Crippen LogP contribution in [0.2, 0.25) is 0 Å². The van der Waals surface area contributed by atoms with Gasteiger partial charge in [-0.25, -0.2) is 0 Å². The number of nitriles is 1. The number of hydrogen-bond donors (Lipinski definition) is 1. The van der Waals surface area contributed by atoms with Crippen LogP contribution in [0.15, 0.2) is 54.3 Å². The van der Waals surface area contributed by atoms with Gasteiger partial charge in [0.05, 0.1) is 5.57 Å². The Hall–Kier alpha value is -2.38. The normalized spacial score (nSPS) is 16.1. The molecule has 0 unspecified atom stereocenters. The van der Waals surface area contributed by atoms with E-state index in [2.05, 4.69) is 11.0 Å². The summed E-state index contributed by atoms with van der Waals surface area (Å²) in [6.45, 7) is 0. The van der Waals surface area contributed by atoms with E-state index in [0.717, 1.165) is 16.8 Å². The Labute approximate surface area is 117 Å². The second kappa shape index (κ2) is 5.51. The van der Waals surface area contributed by atoms with Crippen LogP contribution in [0, 0.1) is 11.3 Å². The summed E-state index contributed by atoms with van der Waals surface area (Å²) in [5, 5.41) is 8.92. The van der Waals surface area contributed by atoms with Gasteiger partial charge in [0.15, 0.2) is 0 Å². The lowest BCUT2D eigenvalue weighted by Crippen LogP contribution is -2.13. The van der Waals surface area contributed by atoms with Gasteiger partial charge >= 0.3 is 0 Å². The SMILES string of the molecule is CN1C=CC(=CC=C(C#N)C(N)=S)c2ccccc21. The van der Waals surface area contributed by atoms with Crippen molar-refractivity contribution in [1.29, 1.82) is 5.26 Å². The zero-order valence-corrected chi connectivity index (χ0v) is 11.3. The largest absolute Gasteiger partial charge is 0.389 e. The van der Waals surface area contributed by atoms with Gasteiger partial charge in [-0.3, -0.25) is 0 Å². The van der Waals surface area contributed by atoms with Crippen molar-refractivity contribution in [3.63, 3.8) is 0 Å². The third-order valence-electron chi connectivity index (χ3n) is 2.89. The van der Waals surface area contributed by atoms with Gasteiger partial charge < -0.3 is 10.6 Å². The van der Waals surface area contributed by atoms with Crippen molar-refractivity contribution in [1.82, 2.24) is 0 Å². The fraction of sp³-hybridized carbons (Fsp3) is 0.0667. The van der Waals surface area contributed by atoms with E-state index in [-0.39, 0.29) is 4.99 Å². The van der Waals surface area contributed by atoms with Crippen LogP contribution in [0.3, 0.4) is 0 Å². The second-order valence-electron chi connectivity index (χ2n) is 4.12. The Morgan fingerprint density at radius 2 is 2.16 bits per heavy atom. The highest BCUT2D eigenvalue weighted by Gasteiger charge is 2.11. The molecule has 0 spiro atoms. The Bertz CT molecular complexity index is 648. The van der Waals surface area contributed by atoms with Crippen LogP contribution in [0.1, 0.15) is 5.56 Å². The summed E-state index contributed by atoms with van der Waals surface area (Å²) in [6.07, 6.45) is 7.49. The van der Waals surface area contributed by atoms with Crippen molar-refractivity contribution in [2.24, 2.45) is 5.73 Å². The van der Waals surface area contributed by atoms with E-state index in [1.807, 2.05) is 49.7 Å². The highest BCUT2D eigenvalue weighted by Crippen LogP contribution is 2.31. The summed E-state index contributed by atoms with van der Waals surface area (Å²) in [6, 6.07) is 10.1. The van der Waals surface area contributed by atoms with E-state index in [1.165, 1.54) is 0 Å². The van der Waals surface area contributed by atoms with Crippen LogP contribution in [0.4, 0.5) is 5.69 Å². The number of para-hydroxylation sites is 1. The Balaban J connectivity index is 2.45. The minimum absolute atomic E-state index is 0.115. The molecule has 0 radical (unpaired) electrons. The van der Waals surface area contributed by atoms with E-state index in [4.69, 9.17) is 23.2 Å². The average Bonchev–Trinajstić information content (AvgIpc) is 2.42. The Kier molecular flexibility index (Phi) is 3.79. The van der Waals surface area contributed by atoms with Gasteiger partial charge in [0.2, 0.25) is 0 Å². The molecule has 1 aromatic carbocycles. The standard InChI is InChI=1S/C15H13N3S/c1-18-9-8-11(6-7-12(10-16)15(17)19)13-4-2-3-5-14(13)18/h2-9H,1H3,(H2,17,19). The summed E-state index contributed by atoms with van der Waals surface area (Å²) < 4.78 is 0. The molecule has 0 fully saturated rings. The van der Waals surface area contributed by atoms with Gasteiger partial charge in [0, 0.05) is 24.5 Å². The van der Waals surface area contributed by atoms with E-state index < -0.39 is 0 Å². The first-order valence-corrected chi connectivity index (χ1v) is 6.16. The highest BCUT2D eigenvalue weighted by atomic mass is 32.1. The van der Waals surface area contributed by atoms with Crippen LogP contribution < -0.4 is 10.6 Å². The summed E-state index contributed by atoms with van der Waals surface area (Å²) >= 11 is 4.81. The van der Waals surface area contributed by atoms with Crippen LogP contribution in [-0.2, 0) is 0 Å². The maximum atomic E-state index is 8.92. The molecule has 4 heteroatoms. The first kappa shape index (κ1) is 13.1. The van der Waals surface area contributed by atoms with E-state index in [1.54, 1.807) is 6.08 Å². The van der Waals surface area contributed by atoms with Crippen molar-refractivity contribution in [3.05, 3.63) is 59.8 Å². The third-order valence-corrected chi connectivity index (χ3v) is 3.11. The maximum Gasteiger partial charge on any atom is 0.114 e. The number of thiocarbonyl (C=S) groups is 1. The first-order chi connectivity index (χ1) is 9.13. The predicted molar refractivity (Wildman–Crippen MR) is 82.4 cm³/mol. The van der Waals surface area contributed by atoms with Crippen LogP contribution in [0.25, 0.3) is 5.57 Å². The smallest absolute Gasteiger partial charge is 0.114 e. The lowest BCUT2D eigenvalue weighted by Gasteiger charge is -2.23. The van der Waals surface area contributed by atoms with Crippen LogP contribution >= 0.6 is 12.2 Å². The topological polar surface area (TPSA) is 53.0 Å². The van der Waals surface area contributed by atoms with E-state index in [0.29, 0.717) is 5.57 Å². The molecule has 1 heterocycles. The fourth-order valence-electron chi connectivity index (χ4n) is 1.88. The zero-order chi connectivity index (χ0) is 13.8. The summed E-state index contributed by atoms with van der Waals surface area (Å²) in [7, 11) is 2.00. The van der Waals surface area contributed by atoms with Crippen LogP contribution in [-0.4, -0.2) is 12.0 Å². The third kappa shape index (κ3) is 2.72. The second-order valence-corrected chi connectivity index (χ2v) is 4.56. The highest BCUT2D eigenvalue weighted by molar-refractivity contribution is 7.80. The molecule has 1 aliphatic heterocycles. The van der Waals surface area contributed by atoms with E-state index in [9.17, 15) is 0 Å². The minimum Gasteiger partial charge on any atom is -0.389 e. The monoisotopic (exact) mass is 267 g/mol. The number of anilines is 1. The molecule has 2 N–H and O–H groups in total. The van der Waals surface area contributed by atoms with Crippen molar-refractivity contribution in [2.75, 3.05) is 11.9 Å². The van der Waals surface area contributed by atoms with Gasteiger partial charge in [-0.2, -0.15) is 5.26 Å². The molecule has 0 saturated heterocycles. The van der Waals surface area contributed by atoms with Crippen molar-refractivity contribution in [2.45, 2.75) is 0 Å². The fourth-order valence-corrected chi connectivity index (χ4v) is 1.99. The Morgan fingerprint density at radius 3 is 2.84 bits per heavy atom. The number of hydrogen-bond acceptors (Lipinski definition) is 3. The van der Waals surface area contributed by atoms with Gasteiger partial charge in [-0.05, 0) is 23.8 Å². The quantitative estimate of drug-likeness (QED) is 0.508. The molecular formula is C15H13N3S. The number of benzene rings is 1. The molecule has 0 aromatic heterocycles. The maximum absolute atomic E-state index is 8.92. The van der Waals surface area contributed by atoms with Crippen molar-refractivity contribution < 1.29 is 0 Å². The average molecular weight is 267 g/mol. The molecule has 1 aromatic rings. The lowest BCUT2D eigenvalue weighted by atomic mass is 9.99. The molecule has 0 amide bonds. The first-order valence-electron chi connectivity index (χ1n) is 5.76. The van der Waals surface area contributed by atoms with Gasteiger partial charge in [-0.1, -0.05) is 36.5 Å². The number of fused-ring (bicyclic) bond motifs is 1. The van der Waals surface area contributed by atoms with E-state index >= 15 is 0 Å². The van der Waals surface area contributed by atoms with Crippen molar-refractivity contribution in [3.8, 4) is 6.07 Å². The number of rotatable bonds is 2. The zero-order valence-electron chi connectivity index (χ0n) is 10.5. The molecule has 2 rings (SSSR count). The molecule has 0 saturated carbocycles. The molecule has 0 aliphatic carbocycles. The number of nitrogens with two attached hydrogens (primary N) is 1. The molecule has 1 aliphatic rings. The number of allylic oxidation sites excluding steroid dienone is 4. The molecule has 94 valence electrons. The predicted octanol–water partition coefficient (Wildman–Crippen LogP) is 2.77. The van der Waals surface area contributed by atoms with Crippen LogP contribution in [0.5, 0.6) is 0 Å². The molecule has 19 heavy (non-hydrogen) atoms. The molecule has 3 nitrogen and oxygen atoms in total. The Morgan fingerprint density at radius 1 is 1.42 bits per heavy atom. The van der Waals surface area contributed by atoms with Gasteiger partial charge in [0.1, 0.15) is 11.1 Å². The summed E-state index contributed by atoms with van der Waals surface area (Å²) in [4.78, 5) is 2.17. The molecular weight excluding hydrogens is 254 g/mol. The number of nitrogens with zero attached hydrogens (tertiary/aromatic N) is 2. The minimum atomic E-state index is 0.115. The summed E-state index contributed by atoms with van der Waals surface area (Å²) in [5.41, 5.74) is 9.04. The molecule has 0 atom stereocenters.